The summed E-state index contributed by atoms with van der Waals surface area (Å²) in [4.78, 5) is 13.6. The Morgan fingerprint density at radius 2 is 1.82 bits per heavy atom. The molecule has 0 bridgehead atoms. The first-order valence-electron chi connectivity index (χ1n) is 5.59. The zero-order valence-corrected chi connectivity index (χ0v) is 10.9. The molecule has 3 N–H and O–H groups in total. The zero-order chi connectivity index (χ0) is 13.3. The van der Waals surface area contributed by atoms with Gasteiger partial charge in [-0.25, -0.2) is 0 Å². The van der Waals surface area contributed by atoms with Crippen molar-refractivity contribution in [1.29, 1.82) is 0 Å². The van der Waals surface area contributed by atoms with E-state index >= 15 is 0 Å². The second-order valence-electron chi connectivity index (χ2n) is 5.64. The van der Waals surface area contributed by atoms with Gasteiger partial charge in [-0.15, -0.1) is 0 Å². The van der Waals surface area contributed by atoms with Gasteiger partial charge in [0.05, 0.1) is 17.6 Å². The van der Waals surface area contributed by atoms with Crippen molar-refractivity contribution in [1.82, 2.24) is 4.90 Å². The number of amides is 1. The quantitative estimate of drug-likeness (QED) is 0.320. The maximum atomic E-state index is 11.9. The predicted octanol–water partition coefficient (Wildman–Crippen LogP) is 0.539. The second kappa shape index (κ2) is 4.52. The third kappa shape index (κ3) is 3.89. The van der Waals surface area contributed by atoms with Crippen molar-refractivity contribution < 1.29 is 14.7 Å². The third-order valence-electron chi connectivity index (χ3n) is 2.51. The highest BCUT2D eigenvalue weighted by atomic mass is 16.5. The minimum Gasteiger partial charge on any atom is -0.409 e. The van der Waals surface area contributed by atoms with E-state index in [0.717, 1.165) is 0 Å². The van der Waals surface area contributed by atoms with Crippen LogP contribution in [0.1, 0.15) is 34.1 Å². The number of carbonyl (C=O) groups excluding carboxylic acids is 1. The van der Waals surface area contributed by atoms with Gasteiger partial charge in [0, 0.05) is 13.1 Å². The standard InChI is InChI=1S/C11H21N3O3/c1-10(2)6-14(7-11(3,4)17-10)9(15)5-8(12)13-16/h16H,5-7H2,1-4H3,(H2,12,13). The van der Waals surface area contributed by atoms with Crippen molar-refractivity contribution in [3.8, 4) is 0 Å². The fourth-order valence-corrected chi connectivity index (χ4v) is 2.27. The number of ether oxygens (including phenoxy) is 1. The molecule has 98 valence electrons. The lowest BCUT2D eigenvalue weighted by Crippen LogP contribution is -2.59. The molecule has 0 aromatic rings. The molecule has 1 fully saturated rings. The van der Waals surface area contributed by atoms with Crippen LogP contribution in [0.25, 0.3) is 0 Å². The van der Waals surface area contributed by atoms with Crippen LogP contribution in [0.2, 0.25) is 0 Å². The van der Waals surface area contributed by atoms with Crippen molar-refractivity contribution in [2.75, 3.05) is 13.1 Å². The lowest BCUT2D eigenvalue weighted by Gasteiger charge is -2.47. The Kier molecular flexibility index (Phi) is 3.66. The molecule has 6 nitrogen and oxygen atoms in total. The van der Waals surface area contributed by atoms with Gasteiger partial charge in [-0.3, -0.25) is 4.79 Å². The van der Waals surface area contributed by atoms with Gasteiger partial charge in [0.1, 0.15) is 5.84 Å². The minimum absolute atomic E-state index is 0.0668. The minimum atomic E-state index is -0.386. The van der Waals surface area contributed by atoms with Crippen LogP contribution >= 0.6 is 0 Å². The molecule has 0 aromatic heterocycles. The van der Waals surface area contributed by atoms with Crippen LogP contribution in [-0.2, 0) is 9.53 Å². The van der Waals surface area contributed by atoms with E-state index in [1.165, 1.54) is 0 Å². The molecule has 1 saturated heterocycles. The number of oxime groups is 1. The van der Waals surface area contributed by atoms with Crippen molar-refractivity contribution in [3.63, 3.8) is 0 Å². The average Bonchev–Trinajstić information content (AvgIpc) is 2.12. The summed E-state index contributed by atoms with van der Waals surface area (Å²) < 4.78 is 5.87. The number of amidine groups is 1. The largest absolute Gasteiger partial charge is 0.409 e. The first-order valence-corrected chi connectivity index (χ1v) is 5.59. The highest BCUT2D eigenvalue weighted by Gasteiger charge is 2.39. The van der Waals surface area contributed by atoms with Crippen molar-refractivity contribution in [2.24, 2.45) is 10.9 Å². The van der Waals surface area contributed by atoms with Gasteiger partial charge in [0.2, 0.25) is 5.91 Å². The molecule has 0 atom stereocenters. The maximum absolute atomic E-state index is 11.9. The van der Waals surface area contributed by atoms with E-state index in [9.17, 15) is 4.79 Å². The molecule has 1 rings (SSSR count). The van der Waals surface area contributed by atoms with Gasteiger partial charge in [0.25, 0.3) is 0 Å². The number of morpholine rings is 1. The number of nitrogens with two attached hydrogens (primary N) is 1. The fourth-order valence-electron chi connectivity index (χ4n) is 2.27. The van der Waals surface area contributed by atoms with Gasteiger partial charge in [-0.1, -0.05) is 5.16 Å². The van der Waals surface area contributed by atoms with Crippen LogP contribution in [-0.4, -0.2) is 46.1 Å². The number of hydrogen-bond acceptors (Lipinski definition) is 4. The fraction of sp³-hybridized carbons (Fsp3) is 0.818. The summed E-state index contributed by atoms with van der Waals surface area (Å²) in [5.41, 5.74) is 4.56. The number of rotatable bonds is 2. The SMILES string of the molecule is CC1(C)CN(C(=O)CC(N)=NO)CC(C)(C)O1. The van der Waals surface area contributed by atoms with Crippen LogP contribution in [0.15, 0.2) is 5.16 Å². The van der Waals surface area contributed by atoms with E-state index in [0.29, 0.717) is 13.1 Å². The maximum Gasteiger partial charge on any atom is 0.230 e. The van der Waals surface area contributed by atoms with E-state index in [4.69, 9.17) is 15.7 Å². The van der Waals surface area contributed by atoms with Gasteiger partial charge in [0.15, 0.2) is 0 Å². The molecule has 0 aromatic carbocycles. The number of carbonyl (C=O) groups is 1. The summed E-state index contributed by atoms with van der Waals surface area (Å²) in [5, 5.41) is 11.3. The van der Waals surface area contributed by atoms with Gasteiger partial charge >= 0.3 is 0 Å². The molecule has 1 aliphatic heterocycles. The summed E-state index contributed by atoms with van der Waals surface area (Å²) in [6.45, 7) is 8.78. The summed E-state index contributed by atoms with van der Waals surface area (Å²) >= 11 is 0. The first-order chi connectivity index (χ1) is 7.65. The molecule has 0 saturated carbocycles. The third-order valence-corrected chi connectivity index (χ3v) is 2.51. The van der Waals surface area contributed by atoms with E-state index < -0.39 is 0 Å². The number of hydrogen-bond donors (Lipinski definition) is 2. The Hall–Kier alpha value is -1.30. The smallest absolute Gasteiger partial charge is 0.230 e. The Balaban J connectivity index is 2.74. The summed E-state index contributed by atoms with van der Waals surface area (Å²) in [5.74, 6) is -0.221. The van der Waals surface area contributed by atoms with E-state index in [1.807, 2.05) is 27.7 Å². The molecule has 1 amide bonds. The molecule has 0 spiro atoms. The lowest BCUT2D eigenvalue weighted by atomic mass is 9.98. The molecule has 0 unspecified atom stereocenters. The van der Waals surface area contributed by atoms with Gasteiger partial charge in [-0.2, -0.15) is 0 Å². The molecule has 0 aliphatic carbocycles. The topological polar surface area (TPSA) is 88.2 Å². The first kappa shape index (κ1) is 13.8. The Morgan fingerprint density at radius 1 is 1.35 bits per heavy atom. The Bertz CT molecular complexity index is 321. The molecule has 1 aliphatic rings. The van der Waals surface area contributed by atoms with Crippen LogP contribution in [0, 0.1) is 0 Å². The van der Waals surface area contributed by atoms with Crippen molar-refractivity contribution in [2.45, 2.75) is 45.3 Å². The van der Waals surface area contributed by atoms with Gasteiger partial charge < -0.3 is 20.6 Å². The Labute approximate surface area is 101 Å². The monoisotopic (exact) mass is 243 g/mol. The van der Waals surface area contributed by atoms with Crippen LogP contribution in [0.4, 0.5) is 0 Å². The predicted molar refractivity (Wildman–Crippen MR) is 63.8 cm³/mol. The van der Waals surface area contributed by atoms with E-state index in [-0.39, 0.29) is 29.4 Å². The molecule has 17 heavy (non-hydrogen) atoms. The van der Waals surface area contributed by atoms with Crippen LogP contribution < -0.4 is 5.73 Å². The summed E-state index contributed by atoms with van der Waals surface area (Å²) in [7, 11) is 0. The van der Waals surface area contributed by atoms with Crippen LogP contribution in [0.5, 0.6) is 0 Å². The molecule has 1 heterocycles. The lowest BCUT2D eigenvalue weighted by molar-refractivity contribution is -0.187. The Morgan fingerprint density at radius 3 is 2.24 bits per heavy atom. The average molecular weight is 243 g/mol. The molecular formula is C11H21N3O3. The van der Waals surface area contributed by atoms with Crippen molar-refractivity contribution >= 4 is 11.7 Å². The van der Waals surface area contributed by atoms with E-state index in [1.54, 1.807) is 4.90 Å². The van der Waals surface area contributed by atoms with Crippen LogP contribution in [0.3, 0.4) is 0 Å². The highest BCUT2D eigenvalue weighted by Crippen LogP contribution is 2.28. The molecule has 6 heteroatoms. The molecule has 0 radical (unpaired) electrons. The zero-order valence-electron chi connectivity index (χ0n) is 10.9. The normalized spacial score (nSPS) is 23.5. The second-order valence-corrected chi connectivity index (χ2v) is 5.64. The van der Waals surface area contributed by atoms with E-state index in [2.05, 4.69) is 5.16 Å². The number of nitrogens with zero attached hydrogens (tertiary/aromatic N) is 2. The van der Waals surface area contributed by atoms with Gasteiger partial charge in [-0.05, 0) is 27.7 Å². The summed E-state index contributed by atoms with van der Waals surface area (Å²) in [6, 6.07) is 0. The van der Waals surface area contributed by atoms with Crippen molar-refractivity contribution in [3.05, 3.63) is 0 Å². The summed E-state index contributed by atoms with van der Waals surface area (Å²) in [6.07, 6.45) is -0.0668. The molecular weight excluding hydrogens is 222 g/mol. The highest BCUT2D eigenvalue weighted by molar-refractivity contribution is 5.98.